The molecule has 1 rings (SSSR count). The first kappa shape index (κ1) is 6.81. The molecular formula is C8H14O. The summed E-state index contributed by atoms with van der Waals surface area (Å²) >= 11 is 0. The summed E-state index contributed by atoms with van der Waals surface area (Å²) in [6.45, 7) is 2.01. The predicted octanol–water partition coefficient (Wildman–Crippen LogP) is 1.87. The van der Waals surface area contributed by atoms with Gasteiger partial charge in [-0.15, -0.1) is 0 Å². The smallest absolute Gasteiger partial charge is 0.0652 e. The maximum Gasteiger partial charge on any atom is 0.0652 e. The van der Waals surface area contributed by atoms with Crippen molar-refractivity contribution >= 4 is 0 Å². The van der Waals surface area contributed by atoms with Crippen molar-refractivity contribution in [2.45, 2.75) is 38.2 Å². The van der Waals surface area contributed by atoms with Gasteiger partial charge in [0.1, 0.15) is 0 Å². The Morgan fingerprint density at radius 1 is 1.56 bits per heavy atom. The number of rotatable bonds is 3. The molecule has 52 valence electrons. The molecule has 0 aromatic heterocycles. The second-order valence-electron chi connectivity index (χ2n) is 2.83. The van der Waals surface area contributed by atoms with Gasteiger partial charge in [-0.2, -0.15) is 0 Å². The number of hydrogen-bond acceptors (Lipinski definition) is 1. The Morgan fingerprint density at radius 2 is 2.22 bits per heavy atom. The van der Waals surface area contributed by atoms with Crippen molar-refractivity contribution in [3.8, 4) is 0 Å². The van der Waals surface area contributed by atoms with Crippen LogP contribution in [0, 0.1) is 0 Å². The summed E-state index contributed by atoms with van der Waals surface area (Å²) in [6.07, 6.45) is 8.17. The van der Waals surface area contributed by atoms with Crippen LogP contribution in [-0.4, -0.2) is 10.7 Å². The number of hydrogen-bond donors (Lipinski definition) is 1. The first-order valence-corrected chi connectivity index (χ1v) is 3.60. The highest BCUT2D eigenvalue weighted by Crippen LogP contribution is 2.39. The second-order valence-corrected chi connectivity index (χ2v) is 2.83. The maximum absolute atomic E-state index is 9.32. The zero-order valence-corrected chi connectivity index (χ0v) is 5.93. The molecule has 1 nitrogen and oxygen atoms in total. The monoisotopic (exact) mass is 126 g/mol. The average Bonchev–Trinajstić information content (AvgIpc) is 2.50. The SMILES string of the molecule is CC=CCCC1(O)CC1. The van der Waals surface area contributed by atoms with Crippen molar-refractivity contribution in [3.05, 3.63) is 12.2 Å². The van der Waals surface area contributed by atoms with E-state index in [0.717, 1.165) is 25.7 Å². The fourth-order valence-electron chi connectivity index (χ4n) is 0.913. The Balaban J connectivity index is 2.05. The van der Waals surface area contributed by atoms with Gasteiger partial charge in [-0.1, -0.05) is 12.2 Å². The maximum atomic E-state index is 9.32. The van der Waals surface area contributed by atoms with Gasteiger partial charge in [0.25, 0.3) is 0 Å². The Hall–Kier alpha value is -0.300. The molecule has 0 heterocycles. The largest absolute Gasteiger partial charge is 0.390 e. The first-order valence-electron chi connectivity index (χ1n) is 3.60. The molecular weight excluding hydrogens is 112 g/mol. The Morgan fingerprint density at radius 3 is 2.67 bits per heavy atom. The van der Waals surface area contributed by atoms with Gasteiger partial charge in [-0.25, -0.2) is 0 Å². The summed E-state index contributed by atoms with van der Waals surface area (Å²) < 4.78 is 0. The molecule has 0 bridgehead atoms. The standard InChI is InChI=1S/C8H14O/c1-2-3-4-5-8(9)6-7-8/h2-3,9H,4-7H2,1H3. The van der Waals surface area contributed by atoms with Crippen molar-refractivity contribution in [3.63, 3.8) is 0 Å². The Bertz CT molecular complexity index is 112. The summed E-state index contributed by atoms with van der Waals surface area (Å²) in [6, 6.07) is 0. The van der Waals surface area contributed by atoms with E-state index in [-0.39, 0.29) is 5.60 Å². The van der Waals surface area contributed by atoms with Crippen molar-refractivity contribution in [1.29, 1.82) is 0 Å². The van der Waals surface area contributed by atoms with Crippen LogP contribution in [0.15, 0.2) is 12.2 Å². The van der Waals surface area contributed by atoms with Crippen LogP contribution >= 0.6 is 0 Å². The molecule has 0 aromatic carbocycles. The Kier molecular flexibility index (Phi) is 1.91. The van der Waals surface area contributed by atoms with E-state index < -0.39 is 0 Å². The van der Waals surface area contributed by atoms with Gasteiger partial charge in [0.05, 0.1) is 5.60 Å². The van der Waals surface area contributed by atoms with E-state index in [1.807, 2.05) is 13.0 Å². The molecule has 0 aliphatic heterocycles. The second kappa shape index (κ2) is 2.53. The van der Waals surface area contributed by atoms with Crippen LogP contribution in [0.25, 0.3) is 0 Å². The molecule has 0 spiro atoms. The lowest BCUT2D eigenvalue weighted by Crippen LogP contribution is -2.04. The normalized spacial score (nSPS) is 22.9. The molecule has 0 saturated heterocycles. The van der Waals surface area contributed by atoms with E-state index in [2.05, 4.69) is 6.08 Å². The topological polar surface area (TPSA) is 20.2 Å². The summed E-state index contributed by atoms with van der Waals surface area (Å²) in [7, 11) is 0. The van der Waals surface area contributed by atoms with Crippen molar-refractivity contribution in [2.24, 2.45) is 0 Å². The van der Waals surface area contributed by atoms with Gasteiger partial charge in [-0.05, 0) is 32.6 Å². The Labute approximate surface area is 56.4 Å². The van der Waals surface area contributed by atoms with Crippen LogP contribution in [0.3, 0.4) is 0 Å². The average molecular weight is 126 g/mol. The van der Waals surface area contributed by atoms with Crippen LogP contribution in [0.4, 0.5) is 0 Å². The minimum atomic E-state index is -0.250. The van der Waals surface area contributed by atoms with Gasteiger partial charge in [-0.3, -0.25) is 0 Å². The molecule has 0 aromatic rings. The summed E-state index contributed by atoms with van der Waals surface area (Å²) in [5, 5.41) is 9.32. The highest BCUT2D eigenvalue weighted by molar-refractivity contribution is 4.95. The lowest BCUT2D eigenvalue weighted by atomic mass is 10.2. The van der Waals surface area contributed by atoms with Crippen LogP contribution < -0.4 is 0 Å². The van der Waals surface area contributed by atoms with Crippen LogP contribution in [0.5, 0.6) is 0 Å². The quantitative estimate of drug-likeness (QED) is 0.572. The molecule has 0 atom stereocenters. The third kappa shape index (κ3) is 2.19. The van der Waals surface area contributed by atoms with E-state index in [1.54, 1.807) is 0 Å². The highest BCUT2D eigenvalue weighted by atomic mass is 16.3. The molecule has 9 heavy (non-hydrogen) atoms. The van der Waals surface area contributed by atoms with Gasteiger partial charge in [0.15, 0.2) is 0 Å². The molecule has 0 amide bonds. The molecule has 1 N–H and O–H groups in total. The minimum Gasteiger partial charge on any atom is -0.390 e. The summed E-state index contributed by atoms with van der Waals surface area (Å²) in [4.78, 5) is 0. The zero-order valence-electron chi connectivity index (χ0n) is 5.93. The van der Waals surface area contributed by atoms with E-state index in [0.29, 0.717) is 0 Å². The fraction of sp³-hybridized carbons (Fsp3) is 0.750. The minimum absolute atomic E-state index is 0.250. The summed E-state index contributed by atoms with van der Waals surface area (Å²) in [5.74, 6) is 0. The molecule has 1 saturated carbocycles. The van der Waals surface area contributed by atoms with E-state index in [1.165, 1.54) is 0 Å². The molecule has 1 heteroatoms. The third-order valence-corrected chi connectivity index (χ3v) is 1.84. The molecule has 1 aliphatic rings. The zero-order chi connectivity index (χ0) is 6.74. The van der Waals surface area contributed by atoms with Crippen molar-refractivity contribution in [2.75, 3.05) is 0 Å². The third-order valence-electron chi connectivity index (χ3n) is 1.84. The van der Waals surface area contributed by atoms with Gasteiger partial charge >= 0.3 is 0 Å². The number of allylic oxidation sites excluding steroid dienone is 2. The lowest BCUT2D eigenvalue weighted by Gasteiger charge is -2.01. The van der Waals surface area contributed by atoms with E-state index >= 15 is 0 Å². The number of aliphatic hydroxyl groups is 1. The van der Waals surface area contributed by atoms with Crippen LogP contribution in [0.2, 0.25) is 0 Å². The van der Waals surface area contributed by atoms with Crippen LogP contribution in [0.1, 0.15) is 32.6 Å². The van der Waals surface area contributed by atoms with Gasteiger partial charge < -0.3 is 5.11 Å². The van der Waals surface area contributed by atoms with E-state index in [4.69, 9.17) is 0 Å². The predicted molar refractivity (Wildman–Crippen MR) is 38.2 cm³/mol. The molecule has 1 fully saturated rings. The van der Waals surface area contributed by atoms with Crippen molar-refractivity contribution < 1.29 is 5.11 Å². The molecule has 1 aliphatic carbocycles. The fourth-order valence-corrected chi connectivity index (χ4v) is 0.913. The highest BCUT2D eigenvalue weighted by Gasteiger charge is 2.38. The van der Waals surface area contributed by atoms with Gasteiger partial charge in [0, 0.05) is 0 Å². The first-order chi connectivity index (χ1) is 4.27. The van der Waals surface area contributed by atoms with E-state index in [9.17, 15) is 5.11 Å². The molecule has 0 unspecified atom stereocenters. The molecule has 0 radical (unpaired) electrons. The van der Waals surface area contributed by atoms with Crippen LogP contribution in [-0.2, 0) is 0 Å². The summed E-state index contributed by atoms with van der Waals surface area (Å²) in [5.41, 5.74) is -0.250. The van der Waals surface area contributed by atoms with Gasteiger partial charge in [0.2, 0.25) is 0 Å². The van der Waals surface area contributed by atoms with Crippen molar-refractivity contribution in [1.82, 2.24) is 0 Å². The lowest BCUT2D eigenvalue weighted by molar-refractivity contribution is 0.141.